The Morgan fingerprint density at radius 2 is 1.95 bits per heavy atom. The Balaban J connectivity index is 1.73. The fourth-order valence-electron chi connectivity index (χ4n) is 1.70. The minimum absolute atomic E-state index is 0.270. The summed E-state index contributed by atoms with van der Waals surface area (Å²) in [6.07, 6.45) is 2.85. The van der Waals surface area contributed by atoms with E-state index < -0.39 is 0 Å². The Kier molecular flexibility index (Phi) is 3.74. The number of aromatic nitrogens is 3. The number of nitrogens with one attached hydrogen (secondary N) is 1. The van der Waals surface area contributed by atoms with E-state index in [0.717, 1.165) is 10.0 Å². The molecular weight excluding hydrogens is 336 g/mol. The van der Waals surface area contributed by atoms with Crippen molar-refractivity contribution in [3.63, 3.8) is 0 Å². The molecule has 0 bridgehead atoms. The van der Waals surface area contributed by atoms with Crippen LogP contribution < -0.4 is 5.32 Å². The van der Waals surface area contributed by atoms with Gasteiger partial charge in [0.1, 0.15) is 5.69 Å². The van der Waals surface area contributed by atoms with Crippen molar-refractivity contribution in [3.8, 4) is 11.5 Å². The van der Waals surface area contributed by atoms with Gasteiger partial charge in [-0.2, -0.15) is 0 Å². The number of amides is 1. The Labute approximate surface area is 128 Å². The first-order valence-corrected chi connectivity index (χ1v) is 6.81. The van der Waals surface area contributed by atoms with Gasteiger partial charge in [-0.25, -0.2) is 4.98 Å². The van der Waals surface area contributed by atoms with Gasteiger partial charge >= 0.3 is 0 Å². The van der Waals surface area contributed by atoms with Gasteiger partial charge in [0.05, 0.1) is 0 Å². The van der Waals surface area contributed by atoms with E-state index in [2.05, 4.69) is 36.4 Å². The predicted molar refractivity (Wildman–Crippen MR) is 79.6 cm³/mol. The normalized spacial score (nSPS) is 10.3. The van der Waals surface area contributed by atoms with E-state index in [1.165, 1.54) is 6.39 Å². The van der Waals surface area contributed by atoms with E-state index in [4.69, 9.17) is 4.42 Å². The third-order valence-electron chi connectivity index (χ3n) is 2.71. The summed E-state index contributed by atoms with van der Waals surface area (Å²) in [5.41, 5.74) is 1.79. The van der Waals surface area contributed by atoms with Crippen molar-refractivity contribution >= 4 is 27.5 Å². The van der Waals surface area contributed by atoms with E-state index in [1.54, 1.807) is 42.6 Å². The molecule has 1 amide bonds. The molecule has 1 N–H and O–H groups in total. The SMILES string of the molecule is O=C(Nc1ccc(-c2nnco2)cc1)c1ccc(Br)cn1. The summed E-state index contributed by atoms with van der Waals surface area (Å²) in [7, 11) is 0. The quantitative estimate of drug-likeness (QED) is 0.789. The molecule has 0 radical (unpaired) electrons. The first-order valence-electron chi connectivity index (χ1n) is 6.02. The van der Waals surface area contributed by atoms with E-state index >= 15 is 0 Å². The van der Waals surface area contributed by atoms with Gasteiger partial charge in [-0.3, -0.25) is 4.79 Å². The largest absolute Gasteiger partial charge is 0.423 e. The summed E-state index contributed by atoms with van der Waals surface area (Å²) in [5, 5.41) is 10.2. The Morgan fingerprint density at radius 3 is 2.57 bits per heavy atom. The van der Waals surface area contributed by atoms with Crippen LogP contribution in [0.15, 0.2) is 57.9 Å². The van der Waals surface area contributed by atoms with E-state index in [0.29, 0.717) is 17.3 Å². The molecule has 0 fully saturated rings. The van der Waals surface area contributed by atoms with E-state index in [1.807, 2.05) is 0 Å². The van der Waals surface area contributed by atoms with Crippen molar-refractivity contribution < 1.29 is 9.21 Å². The molecular formula is C14H9BrN4O2. The molecule has 0 aliphatic heterocycles. The zero-order valence-corrected chi connectivity index (χ0v) is 12.2. The van der Waals surface area contributed by atoms with Crippen LogP contribution in [0.1, 0.15) is 10.5 Å². The van der Waals surface area contributed by atoms with Gasteiger partial charge in [-0.05, 0) is 52.3 Å². The van der Waals surface area contributed by atoms with E-state index in [-0.39, 0.29) is 5.91 Å². The molecule has 1 aromatic carbocycles. The zero-order valence-electron chi connectivity index (χ0n) is 10.7. The van der Waals surface area contributed by atoms with Gasteiger partial charge in [0, 0.05) is 21.9 Å². The number of hydrogen-bond donors (Lipinski definition) is 1. The molecule has 0 saturated carbocycles. The van der Waals surface area contributed by atoms with Crippen LogP contribution in [0.3, 0.4) is 0 Å². The Bertz CT molecular complexity index is 740. The maximum absolute atomic E-state index is 12.0. The maximum Gasteiger partial charge on any atom is 0.274 e. The standard InChI is InChI=1S/C14H9BrN4O2/c15-10-3-6-12(16-7-10)13(20)18-11-4-1-9(2-5-11)14-19-17-8-21-14/h1-8H,(H,18,20). The smallest absolute Gasteiger partial charge is 0.274 e. The van der Waals surface area contributed by atoms with Crippen molar-refractivity contribution in [1.82, 2.24) is 15.2 Å². The summed E-state index contributed by atoms with van der Waals surface area (Å²) in [5.74, 6) is 0.162. The molecule has 104 valence electrons. The second-order valence-corrected chi connectivity index (χ2v) is 5.05. The average molecular weight is 345 g/mol. The highest BCUT2D eigenvalue weighted by atomic mass is 79.9. The monoisotopic (exact) mass is 344 g/mol. The fourth-order valence-corrected chi connectivity index (χ4v) is 1.93. The third kappa shape index (κ3) is 3.14. The molecule has 21 heavy (non-hydrogen) atoms. The van der Waals surface area contributed by atoms with Gasteiger partial charge in [0.2, 0.25) is 12.3 Å². The molecule has 0 unspecified atom stereocenters. The molecule has 0 atom stereocenters. The third-order valence-corrected chi connectivity index (χ3v) is 3.18. The molecule has 6 nitrogen and oxygen atoms in total. The summed E-state index contributed by atoms with van der Waals surface area (Å²) < 4.78 is 5.92. The van der Waals surface area contributed by atoms with Crippen molar-refractivity contribution in [2.75, 3.05) is 5.32 Å². The highest BCUT2D eigenvalue weighted by molar-refractivity contribution is 9.10. The molecule has 0 aliphatic rings. The molecule has 0 saturated heterocycles. The van der Waals surface area contributed by atoms with Crippen LogP contribution >= 0.6 is 15.9 Å². The van der Waals surface area contributed by atoms with Gasteiger partial charge in [-0.1, -0.05) is 0 Å². The van der Waals surface area contributed by atoms with Crippen LogP contribution in [-0.2, 0) is 0 Å². The number of benzene rings is 1. The second kappa shape index (κ2) is 5.84. The number of halogens is 1. The van der Waals surface area contributed by atoms with E-state index in [9.17, 15) is 4.79 Å². The average Bonchev–Trinajstić information content (AvgIpc) is 3.03. The Morgan fingerprint density at radius 1 is 1.14 bits per heavy atom. The molecule has 2 aromatic heterocycles. The molecule has 3 aromatic rings. The number of pyridine rings is 1. The van der Waals surface area contributed by atoms with Crippen molar-refractivity contribution in [1.29, 1.82) is 0 Å². The topological polar surface area (TPSA) is 80.9 Å². The van der Waals surface area contributed by atoms with Crippen LogP contribution in [0.25, 0.3) is 11.5 Å². The number of anilines is 1. The lowest BCUT2D eigenvalue weighted by atomic mass is 10.2. The lowest BCUT2D eigenvalue weighted by Crippen LogP contribution is -2.13. The van der Waals surface area contributed by atoms with Crippen molar-refractivity contribution in [2.45, 2.75) is 0 Å². The Hall–Kier alpha value is -2.54. The van der Waals surface area contributed by atoms with Crippen LogP contribution in [0.5, 0.6) is 0 Å². The highest BCUT2D eigenvalue weighted by Crippen LogP contribution is 2.19. The fraction of sp³-hybridized carbons (Fsp3) is 0. The number of carbonyl (C=O) groups excluding carboxylic acids is 1. The van der Waals surface area contributed by atoms with Crippen LogP contribution in [0.2, 0.25) is 0 Å². The minimum Gasteiger partial charge on any atom is -0.423 e. The summed E-state index contributed by atoms with van der Waals surface area (Å²) in [6, 6.07) is 10.5. The lowest BCUT2D eigenvalue weighted by molar-refractivity contribution is 0.102. The second-order valence-electron chi connectivity index (χ2n) is 4.14. The molecule has 7 heteroatoms. The van der Waals surface area contributed by atoms with Crippen LogP contribution in [0.4, 0.5) is 5.69 Å². The summed E-state index contributed by atoms with van der Waals surface area (Å²) in [4.78, 5) is 16.0. The molecule has 0 aliphatic carbocycles. The van der Waals surface area contributed by atoms with Gasteiger partial charge in [-0.15, -0.1) is 10.2 Å². The zero-order chi connectivity index (χ0) is 14.7. The van der Waals surface area contributed by atoms with Gasteiger partial charge in [0.15, 0.2) is 0 Å². The summed E-state index contributed by atoms with van der Waals surface area (Å²) in [6.45, 7) is 0. The number of hydrogen-bond acceptors (Lipinski definition) is 5. The van der Waals surface area contributed by atoms with Crippen molar-refractivity contribution in [2.24, 2.45) is 0 Å². The molecule has 0 spiro atoms. The molecule has 2 heterocycles. The number of rotatable bonds is 3. The lowest BCUT2D eigenvalue weighted by Gasteiger charge is -2.05. The first kappa shape index (κ1) is 13.4. The maximum atomic E-state index is 12.0. The van der Waals surface area contributed by atoms with Crippen molar-refractivity contribution in [3.05, 3.63) is 59.2 Å². The number of nitrogens with zero attached hydrogens (tertiary/aromatic N) is 3. The highest BCUT2D eigenvalue weighted by Gasteiger charge is 2.08. The van der Waals surface area contributed by atoms with Crippen LogP contribution in [-0.4, -0.2) is 21.1 Å². The minimum atomic E-state index is -0.270. The predicted octanol–water partition coefficient (Wildman–Crippen LogP) is 3.15. The summed E-state index contributed by atoms with van der Waals surface area (Å²) >= 11 is 3.27. The molecule has 3 rings (SSSR count). The van der Waals surface area contributed by atoms with Gasteiger partial charge in [0.25, 0.3) is 5.91 Å². The number of carbonyl (C=O) groups is 1. The van der Waals surface area contributed by atoms with Crippen LogP contribution in [0, 0.1) is 0 Å². The van der Waals surface area contributed by atoms with Gasteiger partial charge < -0.3 is 9.73 Å². The first-order chi connectivity index (χ1) is 10.2.